The van der Waals surface area contributed by atoms with Crippen LogP contribution in [-0.2, 0) is 22.6 Å². The van der Waals surface area contributed by atoms with Gasteiger partial charge >= 0.3 is 0 Å². The van der Waals surface area contributed by atoms with E-state index in [1.165, 1.54) is 0 Å². The Morgan fingerprint density at radius 2 is 1.58 bits per heavy atom. The lowest BCUT2D eigenvalue weighted by Gasteiger charge is -2.10. The third-order valence-electron chi connectivity index (χ3n) is 4.72. The van der Waals surface area contributed by atoms with Gasteiger partial charge in [-0.25, -0.2) is 0 Å². The second-order valence-electron chi connectivity index (χ2n) is 7.34. The van der Waals surface area contributed by atoms with Crippen molar-refractivity contribution in [2.45, 2.75) is 20.0 Å². The van der Waals surface area contributed by atoms with Crippen LogP contribution < -0.4 is 20.9 Å². The number of carbonyl (C=O) groups excluding carboxylic acids is 3. The molecule has 0 aliphatic heterocycles. The summed E-state index contributed by atoms with van der Waals surface area (Å²) in [7, 11) is 0. The summed E-state index contributed by atoms with van der Waals surface area (Å²) in [5.74, 6) is -0.584. The lowest BCUT2D eigenvalue weighted by molar-refractivity contribution is -0.126. The van der Waals surface area contributed by atoms with E-state index >= 15 is 0 Å². The normalized spacial score (nSPS) is 10.2. The van der Waals surface area contributed by atoms with E-state index in [4.69, 9.17) is 16.3 Å². The monoisotopic (exact) mass is 465 g/mol. The van der Waals surface area contributed by atoms with Gasteiger partial charge in [-0.3, -0.25) is 25.2 Å². The lowest BCUT2D eigenvalue weighted by Crippen LogP contribution is -2.46. The largest absolute Gasteiger partial charge is 0.489 e. The lowest BCUT2D eigenvalue weighted by atomic mass is 10.1. The number of hydrogen-bond donors (Lipinski definition) is 3. The first kappa shape index (κ1) is 23.8. The predicted molar refractivity (Wildman–Crippen MR) is 126 cm³/mol. The van der Waals surface area contributed by atoms with Gasteiger partial charge in [-0.05, 0) is 53.9 Å². The van der Waals surface area contributed by atoms with E-state index < -0.39 is 11.8 Å². The second-order valence-corrected chi connectivity index (χ2v) is 7.75. The number of nitrogens with one attached hydrogen (secondary N) is 3. The summed E-state index contributed by atoms with van der Waals surface area (Å²) < 4.78 is 5.74. The zero-order valence-corrected chi connectivity index (χ0v) is 18.8. The minimum atomic E-state index is -0.534. The summed E-state index contributed by atoms with van der Waals surface area (Å²) in [5, 5.41) is 3.19. The first-order valence-electron chi connectivity index (χ1n) is 10.3. The highest BCUT2D eigenvalue weighted by atomic mass is 35.5. The molecule has 170 valence electrons. The number of amides is 3. The van der Waals surface area contributed by atoms with Gasteiger partial charge in [0.15, 0.2) is 0 Å². The number of halogens is 1. The van der Waals surface area contributed by atoms with E-state index in [-0.39, 0.29) is 18.9 Å². The van der Waals surface area contributed by atoms with E-state index in [9.17, 15) is 14.4 Å². The summed E-state index contributed by atoms with van der Waals surface area (Å²) in [4.78, 5) is 36.0. The molecule has 0 aliphatic rings. The fourth-order valence-electron chi connectivity index (χ4n) is 2.89. The Balaban J connectivity index is 1.39. The van der Waals surface area contributed by atoms with Crippen LogP contribution in [0.4, 0.5) is 0 Å². The smallest absolute Gasteiger partial charge is 0.269 e. The van der Waals surface area contributed by atoms with Gasteiger partial charge in [-0.2, -0.15) is 0 Å². The fraction of sp³-hybridized carbons (Fsp3) is 0.160. The molecule has 0 radical (unpaired) electrons. The van der Waals surface area contributed by atoms with Gasteiger partial charge in [0.05, 0.1) is 13.0 Å². The Bertz CT molecular complexity index is 1120. The fourth-order valence-corrected chi connectivity index (χ4v) is 3.01. The molecule has 33 heavy (non-hydrogen) atoms. The molecule has 8 heteroatoms. The average Bonchev–Trinajstić information content (AvgIpc) is 2.83. The molecule has 0 heterocycles. The predicted octanol–water partition coefficient (Wildman–Crippen LogP) is 3.35. The zero-order chi connectivity index (χ0) is 23.6. The van der Waals surface area contributed by atoms with Gasteiger partial charge < -0.3 is 10.1 Å². The highest BCUT2D eigenvalue weighted by molar-refractivity contribution is 6.31. The number of rotatable bonds is 8. The molecule has 3 amide bonds. The number of ether oxygens (including phenoxy) is 1. The van der Waals surface area contributed by atoms with Crippen molar-refractivity contribution < 1.29 is 19.1 Å². The Morgan fingerprint density at radius 3 is 2.27 bits per heavy atom. The molecule has 0 atom stereocenters. The van der Waals surface area contributed by atoms with Gasteiger partial charge in [0.1, 0.15) is 12.4 Å². The quantitative estimate of drug-likeness (QED) is 0.444. The Labute approximate surface area is 197 Å². The van der Waals surface area contributed by atoms with Crippen molar-refractivity contribution in [2.24, 2.45) is 0 Å². The molecule has 3 N–H and O–H groups in total. The molecule has 0 unspecified atom stereocenters. The summed E-state index contributed by atoms with van der Waals surface area (Å²) in [6, 6.07) is 21.4. The first-order chi connectivity index (χ1) is 15.9. The molecule has 0 fully saturated rings. The van der Waals surface area contributed by atoms with E-state index in [0.29, 0.717) is 22.9 Å². The van der Waals surface area contributed by atoms with Crippen LogP contribution in [-0.4, -0.2) is 24.3 Å². The van der Waals surface area contributed by atoms with Crippen LogP contribution in [0.1, 0.15) is 27.0 Å². The SMILES string of the molecule is Cc1cc(OCc2ccc(C(=O)NNC(=O)CNC(=O)Cc3ccccc3)cc2)ccc1Cl. The molecule has 7 nitrogen and oxygen atoms in total. The third-order valence-corrected chi connectivity index (χ3v) is 5.14. The van der Waals surface area contributed by atoms with Gasteiger partial charge in [0.2, 0.25) is 5.91 Å². The van der Waals surface area contributed by atoms with Crippen molar-refractivity contribution in [3.63, 3.8) is 0 Å². The number of carbonyl (C=O) groups is 3. The van der Waals surface area contributed by atoms with Crippen molar-refractivity contribution in [3.8, 4) is 5.75 Å². The molecule has 3 rings (SSSR count). The van der Waals surface area contributed by atoms with Crippen LogP contribution in [0.25, 0.3) is 0 Å². The van der Waals surface area contributed by atoms with Crippen LogP contribution >= 0.6 is 11.6 Å². The molecular formula is C25H24ClN3O4. The minimum absolute atomic E-state index is 0.175. The average molecular weight is 466 g/mol. The van der Waals surface area contributed by atoms with E-state index in [0.717, 1.165) is 16.7 Å². The van der Waals surface area contributed by atoms with Crippen LogP contribution in [0.2, 0.25) is 5.02 Å². The van der Waals surface area contributed by atoms with Crippen molar-refractivity contribution in [1.29, 1.82) is 0 Å². The maximum atomic E-state index is 12.2. The standard InChI is InChI=1S/C25H24ClN3O4/c1-17-13-21(11-12-22(17)26)33-16-19-7-9-20(10-8-19)25(32)29-28-24(31)15-27-23(30)14-18-5-3-2-4-6-18/h2-13H,14-16H2,1H3,(H,27,30)(H,28,31)(H,29,32). The molecule has 0 saturated carbocycles. The van der Waals surface area contributed by atoms with Gasteiger partial charge in [-0.15, -0.1) is 0 Å². The van der Waals surface area contributed by atoms with E-state index in [1.54, 1.807) is 36.4 Å². The van der Waals surface area contributed by atoms with Crippen LogP contribution in [0.15, 0.2) is 72.8 Å². The molecule has 0 saturated heterocycles. The maximum absolute atomic E-state index is 12.2. The number of benzene rings is 3. The van der Waals surface area contributed by atoms with Crippen LogP contribution in [0.5, 0.6) is 5.75 Å². The Kier molecular flexibility index (Phi) is 8.43. The molecule has 0 bridgehead atoms. The summed E-state index contributed by atoms with van der Waals surface area (Å²) in [5.41, 5.74) is 7.64. The maximum Gasteiger partial charge on any atom is 0.269 e. The van der Waals surface area contributed by atoms with Gasteiger partial charge in [0, 0.05) is 10.6 Å². The Hall–Kier alpha value is -3.84. The minimum Gasteiger partial charge on any atom is -0.489 e. The summed E-state index contributed by atoms with van der Waals surface area (Å²) in [6.45, 7) is 1.99. The molecule has 0 aliphatic carbocycles. The van der Waals surface area contributed by atoms with Crippen molar-refractivity contribution in [3.05, 3.63) is 100 Å². The zero-order valence-electron chi connectivity index (χ0n) is 18.1. The first-order valence-corrected chi connectivity index (χ1v) is 10.7. The number of hydrogen-bond acceptors (Lipinski definition) is 4. The number of hydrazine groups is 1. The Morgan fingerprint density at radius 1 is 0.848 bits per heavy atom. The second kappa shape index (κ2) is 11.7. The van der Waals surface area contributed by atoms with Crippen LogP contribution in [0.3, 0.4) is 0 Å². The van der Waals surface area contributed by atoms with Gasteiger partial charge in [-0.1, -0.05) is 54.1 Å². The summed E-state index contributed by atoms with van der Waals surface area (Å²) in [6.07, 6.45) is 0.175. The van der Waals surface area contributed by atoms with Crippen LogP contribution in [0, 0.1) is 6.92 Å². The highest BCUT2D eigenvalue weighted by Gasteiger charge is 2.09. The van der Waals surface area contributed by atoms with E-state index in [2.05, 4.69) is 16.2 Å². The number of aryl methyl sites for hydroxylation is 1. The molecule has 3 aromatic carbocycles. The van der Waals surface area contributed by atoms with Gasteiger partial charge in [0.25, 0.3) is 11.8 Å². The molecule has 0 aromatic heterocycles. The van der Waals surface area contributed by atoms with E-state index in [1.807, 2.05) is 43.3 Å². The van der Waals surface area contributed by atoms with Crippen molar-refractivity contribution in [2.75, 3.05) is 6.54 Å². The highest BCUT2D eigenvalue weighted by Crippen LogP contribution is 2.21. The van der Waals surface area contributed by atoms with Crippen molar-refractivity contribution in [1.82, 2.24) is 16.2 Å². The van der Waals surface area contributed by atoms with Crippen molar-refractivity contribution >= 4 is 29.3 Å². The third kappa shape index (κ3) is 7.66. The molecular weight excluding hydrogens is 442 g/mol. The molecule has 3 aromatic rings. The molecule has 0 spiro atoms. The summed E-state index contributed by atoms with van der Waals surface area (Å²) >= 11 is 6.01. The topological polar surface area (TPSA) is 96.5 Å².